The van der Waals surface area contributed by atoms with Gasteiger partial charge in [0.15, 0.2) is 0 Å². The molecule has 112 valence electrons. The molecule has 0 aliphatic carbocycles. The zero-order valence-corrected chi connectivity index (χ0v) is 16.7. The molecule has 0 radical (unpaired) electrons. The van der Waals surface area contributed by atoms with Crippen molar-refractivity contribution in [3.8, 4) is 0 Å². The molecule has 1 saturated heterocycles. The standard InChI is InChI=1S/C12H15N5.3ClH.Zn/c1-2-4-11(5-3-1)12(6-8-13-9-7-12)17-10-14-15-16-17;;;;/h1-5,10,13H,6-9H2;3*1H;/q;;;;+2/p-2. The summed E-state index contributed by atoms with van der Waals surface area (Å²) in [5, 5.41) is 15.1. The van der Waals surface area contributed by atoms with Crippen molar-refractivity contribution < 1.29 is 44.3 Å². The summed E-state index contributed by atoms with van der Waals surface area (Å²) >= 11 is 0. The maximum atomic E-state index is 4.12. The Labute approximate surface area is 155 Å². The number of rotatable bonds is 2. The molecule has 2 heterocycles. The summed E-state index contributed by atoms with van der Waals surface area (Å²) in [6, 6.07) is 10.5. The van der Waals surface area contributed by atoms with Crippen LogP contribution in [0.3, 0.4) is 0 Å². The van der Waals surface area contributed by atoms with Gasteiger partial charge in [-0.15, -0.1) is 17.5 Å². The van der Waals surface area contributed by atoms with Crippen LogP contribution >= 0.6 is 12.4 Å². The molecule has 0 bridgehead atoms. The molecule has 2 aromatic rings. The number of piperidine rings is 1. The van der Waals surface area contributed by atoms with E-state index in [1.54, 1.807) is 6.33 Å². The maximum absolute atomic E-state index is 4.12. The van der Waals surface area contributed by atoms with E-state index in [9.17, 15) is 0 Å². The van der Waals surface area contributed by atoms with Gasteiger partial charge in [0.2, 0.25) is 0 Å². The monoisotopic (exact) mass is 399 g/mol. The molecule has 0 spiro atoms. The third-order valence-electron chi connectivity index (χ3n) is 3.53. The number of aromatic nitrogens is 4. The van der Waals surface area contributed by atoms with E-state index in [2.05, 4.69) is 45.1 Å². The number of tetrazole rings is 1. The molecule has 1 N–H and O–H groups in total. The summed E-state index contributed by atoms with van der Waals surface area (Å²) in [7, 11) is 0. The van der Waals surface area contributed by atoms with Gasteiger partial charge in [0.05, 0.1) is 5.54 Å². The molecular formula is C12H16Cl3N5Zn. The van der Waals surface area contributed by atoms with Crippen LogP contribution in [0.1, 0.15) is 18.4 Å². The Bertz CT molecular complexity index is 477. The first kappa shape index (κ1) is 23.0. The quantitative estimate of drug-likeness (QED) is 0.513. The summed E-state index contributed by atoms with van der Waals surface area (Å²) in [5.41, 5.74) is 1.20. The van der Waals surface area contributed by atoms with Gasteiger partial charge in [0.1, 0.15) is 6.33 Å². The second kappa shape index (κ2) is 10.5. The van der Waals surface area contributed by atoms with Gasteiger partial charge < -0.3 is 30.1 Å². The third kappa shape index (κ3) is 4.60. The van der Waals surface area contributed by atoms with Crippen LogP contribution in [0.15, 0.2) is 36.7 Å². The fraction of sp³-hybridized carbons (Fsp3) is 0.417. The van der Waals surface area contributed by atoms with Gasteiger partial charge in [-0.2, -0.15) is 0 Å². The van der Waals surface area contributed by atoms with Crippen LogP contribution in [0.5, 0.6) is 0 Å². The van der Waals surface area contributed by atoms with E-state index >= 15 is 0 Å². The second-order valence-electron chi connectivity index (χ2n) is 4.40. The van der Waals surface area contributed by atoms with Crippen molar-refractivity contribution >= 4 is 12.4 Å². The zero-order valence-electron chi connectivity index (χ0n) is 11.5. The largest absolute Gasteiger partial charge is 2.00 e. The van der Waals surface area contributed by atoms with E-state index in [1.165, 1.54) is 5.56 Å². The van der Waals surface area contributed by atoms with E-state index in [4.69, 9.17) is 0 Å². The van der Waals surface area contributed by atoms with Crippen LogP contribution < -0.4 is 30.1 Å². The van der Waals surface area contributed by atoms with Gasteiger partial charge in [0, 0.05) is 0 Å². The molecule has 9 heteroatoms. The Morgan fingerprint density at radius 1 is 1.05 bits per heavy atom. The van der Waals surface area contributed by atoms with Crippen LogP contribution in [-0.2, 0) is 25.0 Å². The van der Waals surface area contributed by atoms with E-state index in [1.807, 2.05) is 10.7 Å². The summed E-state index contributed by atoms with van der Waals surface area (Å²) in [6.45, 7) is 1.99. The fourth-order valence-electron chi connectivity index (χ4n) is 2.60. The van der Waals surface area contributed by atoms with Crippen LogP contribution in [0, 0.1) is 0 Å². The van der Waals surface area contributed by atoms with E-state index < -0.39 is 0 Å². The molecule has 1 aromatic heterocycles. The second-order valence-corrected chi connectivity index (χ2v) is 4.40. The Balaban J connectivity index is 0. The summed E-state index contributed by atoms with van der Waals surface area (Å²) < 4.78 is 1.91. The number of hydrogen-bond donors (Lipinski definition) is 1. The molecule has 1 aromatic carbocycles. The zero-order chi connectivity index (χ0) is 11.6. The topological polar surface area (TPSA) is 55.6 Å². The number of nitrogens with one attached hydrogen (secondary N) is 1. The van der Waals surface area contributed by atoms with Gasteiger partial charge in [-0.3, -0.25) is 0 Å². The first-order valence-electron chi connectivity index (χ1n) is 5.91. The predicted octanol–water partition coefficient (Wildman–Crippen LogP) is -4.77. The Morgan fingerprint density at radius 2 is 1.67 bits per heavy atom. The van der Waals surface area contributed by atoms with Crippen LogP contribution in [0.25, 0.3) is 0 Å². The first-order valence-corrected chi connectivity index (χ1v) is 5.91. The molecule has 0 amide bonds. The van der Waals surface area contributed by atoms with Gasteiger partial charge >= 0.3 is 19.5 Å². The molecule has 5 nitrogen and oxygen atoms in total. The molecule has 1 aliphatic heterocycles. The molecule has 1 aliphatic rings. The van der Waals surface area contributed by atoms with Crippen molar-refractivity contribution in [3.05, 3.63) is 42.2 Å². The molecule has 0 unspecified atom stereocenters. The third-order valence-corrected chi connectivity index (χ3v) is 3.53. The van der Waals surface area contributed by atoms with Gasteiger partial charge in [-0.05, 0) is 41.9 Å². The molecule has 21 heavy (non-hydrogen) atoms. The minimum atomic E-state index is -0.0873. The number of hydrogen-bond acceptors (Lipinski definition) is 4. The van der Waals surface area contributed by atoms with Crippen molar-refractivity contribution in [1.29, 1.82) is 0 Å². The van der Waals surface area contributed by atoms with E-state index in [0.29, 0.717) is 0 Å². The van der Waals surface area contributed by atoms with Gasteiger partial charge in [0.25, 0.3) is 0 Å². The molecule has 3 rings (SSSR count). The molecule has 0 saturated carbocycles. The average Bonchev–Trinajstić information content (AvgIpc) is 2.95. The van der Waals surface area contributed by atoms with Crippen LogP contribution in [-0.4, -0.2) is 33.3 Å². The van der Waals surface area contributed by atoms with Crippen molar-refractivity contribution in [2.24, 2.45) is 0 Å². The fourth-order valence-corrected chi connectivity index (χ4v) is 2.60. The Kier molecular flexibility index (Phi) is 11.5. The van der Waals surface area contributed by atoms with Crippen molar-refractivity contribution in [1.82, 2.24) is 25.5 Å². The summed E-state index contributed by atoms with van der Waals surface area (Å²) in [4.78, 5) is 0. The van der Waals surface area contributed by atoms with E-state index in [-0.39, 0.29) is 62.2 Å². The van der Waals surface area contributed by atoms with Crippen molar-refractivity contribution in [2.75, 3.05) is 13.1 Å². The summed E-state index contributed by atoms with van der Waals surface area (Å²) in [5.74, 6) is 0. The number of halogens is 3. The number of nitrogens with zero attached hydrogens (tertiary/aromatic N) is 4. The van der Waals surface area contributed by atoms with Gasteiger partial charge in [-0.25, -0.2) is 4.68 Å². The van der Waals surface area contributed by atoms with Crippen LogP contribution in [0.2, 0.25) is 0 Å². The summed E-state index contributed by atoms with van der Waals surface area (Å²) in [6.07, 6.45) is 3.75. The maximum Gasteiger partial charge on any atom is 2.00 e. The Hall–Kier alpha value is -0.257. The minimum Gasteiger partial charge on any atom is -1.00 e. The normalized spacial score (nSPS) is 15.4. The average molecular weight is 402 g/mol. The SMILES string of the molecule is Cl.[Cl-].[Cl-].[Zn+2].c1ccc(C2(n3cnnn3)CCNCC2)cc1. The first-order chi connectivity index (χ1) is 8.42. The smallest absolute Gasteiger partial charge is 1.00 e. The molecule has 0 atom stereocenters. The number of benzene rings is 1. The van der Waals surface area contributed by atoms with Crippen molar-refractivity contribution in [2.45, 2.75) is 18.4 Å². The predicted molar refractivity (Wildman–Crippen MR) is 70.7 cm³/mol. The van der Waals surface area contributed by atoms with Crippen LogP contribution in [0.4, 0.5) is 0 Å². The minimum absolute atomic E-state index is 0. The molecule has 1 fully saturated rings. The molecular weight excluding hydrogens is 386 g/mol. The van der Waals surface area contributed by atoms with E-state index in [0.717, 1.165) is 25.9 Å². The Morgan fingerprint density at radius 3 is 2.19 bits per heavy atom. The van der Waals surface area contributed by atoms with Crippen molar-refractivity contribution in [3.63, 3.8) is 0 Å². The van der Waals surface area contributed by atoms with Gasteiger partial charge in [-0.1, -0.05) is 30.3 Å².